The van der Waals surface area contributed by atoms with Gasteiger partial charge in [0.25, 0.3) is 10.0 Å². The molecule has 138 valence electrons. The first-order valence-electron chi connectivity index (χ1n) is 8.47. The van der Waals surface area contributed by atoms with Crippen molar-refractivity contribution in [3.63, 3.8) is 0 Å². The number of sulfonamides is 1. The molecule has 2 aromatic heterocycles. The molecule has 0 bridgehead atoms. The Labute approximate surface area is 162 Å². The quantitative estimate of drug-likeness (QED) is 0.526. The number of rotatable bonds is 5. The standard InChI is InChI=1S/C21H15N3O3S/c25-21(20-16-10-6-13-22-18(16)12-14-23-20)17-9-4-5-11-19(17)24-28(26,27)15-7-2-1-3-8-15/h1-14,24H. The Morgan fingerprint density at radius 3 is 2.36 bits per heavy atom. The maximum Gasteiger partial charge on any atom is 0.261 e. The van der Waals surface area contributed by atoms with Gasteiger partial charge in [-0.25, -0.2) is 8.42 Å². The minimum atomic E-state index is -3.83. The normalized spacial score (nSPS) is 11.3. The van der Waals surface area contributed by atoms with Crippen LogP contribution in [0, 0.1) is 0 Å². The van der Waals surface area contributed by atoms with Crippen LogP contribution in [0.25, 0.3) is 10.9 Å². The Hall–Kier alpha value is -3.58. The van der Waals surface area contributed by atoms with Gasteiger partial charge in [-0.15, -0.1) is 0 Å². The summed E-state index contributed by atoms with van der Waals surface area (Å²) in [6.07, 6.45) is 3.15. The second-order valence-electron chi connectivity index (χ2n) is 6.02. The number of carbonyl (C=O) groups excluding carboxylic acids is 1. The van der Waals surface area contributed by atoms with Gasteiger partial charge < -0.3 is 0 Å². The number of anilines is 1. The molecule has 28 heavy (non-hydrogen) atoms. The van der Waals surface area contributed by atoms with Gasteiger partial charge in [-0.3, -0.25) is 19.5 Å². The van der Waals surface area contributed by atoms with Crippen molar-refractivity contribution in [1.82, 2.24) is 9.97 Å². The molecule has 0 aliphatic rings. The van der Waals surface area contributed by atoms with Gasteiger partial charge in [0.1, 0.15) is 5.69 Å². The molecule has 6 nitrogen and oxygen atoms in total. The molecule has 4 rings (SSSR count). The smallest absolute Gasteiger partial charge is 0.261 e. The molecule has 2 aromatic carbocycles. The highest BCUT2D eigenvalue weighted by molar-refractivity contribution is 7.92. The van der Waals surface area contributed by atoms with Crippen LogP contribution < -0.4 is 4.72 Å². The fourth-order valence-electron chi connectivity index (χ4n) is 2.88. The van der Waals surface area contributed by atoms with Gasteiger partial charge >= 0.3 is 0 Å². The van der Waals surface area contributed by atoms with Crippen LogP contribution in [0.3, 0.4) is 0 Å². The Morgan fingerprint density at radius 2 is 1.54 bits per heavy atom. The molecule has 0 radical (unpaired) electrons. The molecule has 0 saturated heterocycles. The van der Waals surface area contributed by atoms with Crippen LogP contribution in [-0.2, 0) is 10.0 Å². The molecule has 7 heteroatoms. The van der Waals surface area contributed by atoms with E-state index in [2.05, 4.69) is 14.7 Å². The predicted molar refractivity (Wildman–Crippen MR) is 107 cm³/mol. The average Bonchev–Trinajstić information content (AvgIpc) is 2.73. The van der Waals surface area contributed by atoms with E-state index in [4.69, 9.17) is 0 Å². The summed E-state index contributed by atoms with van der Waals surface area (Å²) < 4.78 is 27.9. The number of carbonyl (C=O) groups is 1. The highest BCUT2D eigenvalue weighted by Crippen LogP contribution is 2.24. The number of fused-ring (bicyclic) bond motifs is 1. The molecule has 2 heterocycles. The lowest BCUT2D eigenvalue weighted by Crippen LogP contribution is -2.16. The summed E-state index contributed by atoms with van der Waals surface area (Å²) >= 11 is 0. The summed E-state index contributed by atoms with van der Waals surface area (Å²) in [5, 5.41) is 0.607. The summed E-state index contributed by atoms with van der Waals surface area (Å²) in [5.74, 6) is -0.384. The fraction of sp³-hybridized carbons (Fsp3) is 0. The van der Waals surface area contributed by atoms with Crippen molar-refractivity contribution in [3.05, 3.63) is 96.4 Å². The van der Waals surface area contributed by atoms with Gasteiger partial charge in [-0.2, -0.15) is 0 Å². The van der Waals surface area contributed by atoms with Gasteiger partial charge in [0, 0.05) is 23.3 Å². The van der Waals surface area contributed by atoms with Gasteiger partial charge in [-0.05, 0) is 42.5 Å². The SMILES string of the molecule is O=C(c1ccccc1NS(=O)(=O)c1ccccc1)c1nccc2ncccc12. The number of aromatic nitrogens is 2. The topological polar surface area (TPSA) is 89.0 Å². The number of hydrogen-bond acceptors (Lipinski definition) is 5. The van der Waals surface area contributed by atoms with Crippen LogP contribution in [0.5, 0.6) is 0 Å². The van der Waals surface area contributed by atoms with Gasteiger partial charge in [0.2, 0.25) is 5.78 Å². The lowest BCUT2D eigenvalue weighted by molar-refractivity contribution is 0.103. The molecule has 4 aromatic rings. The molecule has 0 aliphatic heterocycles. The Kier molecular flexibility index (Phi) is 4.58. The Bertz CT molecular complexity index is 1270. The van der Waals surface area contributed by atoms with Crippen LogP contribution in [-0.4, -0.2) is 24.2 Å². The fourth-order valence-corrected chi connectivity index (χ4v) is 3.99. The van der Waals surface area contributed by atoms with Gasteiger partial charge in [-0.1, -0.05) is 30.3 Å². The number of para-hydroxylation sites is 1. The minimum absolute atomic E-state index is 0.115. The monoisotopic (exact) mass is 389 g/mol. The molecular formula is C21H15N3O3S. The third-order valence-electron chi connectivity index (χ3n) is 4.21. The van der Waals surface area contributed by atoms with E-state index in [0.717, 1.165) is 0 Å². The zero-order valence-corrected chi connectivity index (χ0v) is 15.4. The molecule has 0 spiro atoms. The lowest BCUT2D eigenvalue weighted by atomic mass is 10.0. The molecule has 0 saturated carbocycles. The number of pyridine rings is 2. The van der Waals surface area contributed by atoms with Crippen LogP contribution in [0.15, 0.2) is 90.1 Å². The summed E-state index contributed by atoms with van der Waals surface area (Å²) in [4.78, 5) is 21.7. The average molecular weight is 389 g/mol. The zero-order chi connectivity index (χ0) is 19.6. The van der Waals surface area contributed by atoms with Gasteiger partial charge in [0.05, 0.1) is 16.1 Å². The highest BCUT2D eigenvalue weighted by Gasteiger charge is 2.21. The number of nitrogens with zero attached hydrogens (tertiary/aromatic N) is 2. The van der Waals surface area contributed by atoms with E-state index >= 15 is 0 Å². The van der Waals surface area contributed by atoms with Crippen molar-refractivity contribution in [3.8, 4) is 0 Å². The van der Waals surface area contributed by atoms with E-state index in [-0.39, 0.29) is 27.6 Å². The first kappa shape index (κ1) is 17.8. The summed E-state index contributed by atoms with van der Waals surface area (Å²) in [6, 6.07) is 19.7. The zero-order valence-electron chi connectivity index (χ0n) is 14.6. The van der Waals surface area contributed by atoms with Crippen molar-refractivity contribution in [2.75, 3.05) is 4.72 Å². The number of ketones is 1. The summed E-state index contributed by atoms with van der Waals surface area (Å²) in [7, 11) is -3.83. The number of hydrogen-bond donors (Lipinski definition) is 1. The molecule has 0 amide bonds. The van der Waals surface area contributed by atoms with E-state index in [1.165, 1.54) is 18.3 Å². The van der Waals surface area contributed by atoms with Crippen molar-refractivity contribution < 1.29 is 13.2 Å². The number of benzene rings is 2. The first-order chi connectivity index (χ1) is 13.6. The second kappa shape index (κ2) is 7.21. The maximum atomic E-state index is 13.2. The molecule has 0 aliphatic carbocycles. The van der Waals surface area contributed by atoms with Crippen LogP contribution >= 0.6 is 0 Å². The Balaban J connectivity index is 1.77. The predicted octanol–water partition coefficient (Wildman–Crippen LogP) is 3.66. The van der Waals surface area contributed by atoms with Crippen molar-refractivity contribution in [1.29, 1.82) is 0 Å². The van der Waals surface area contributed by atoms with Gasteiger partial charge in [0.15, 0.2) is 0 Å². The molecule has 0 unspecified atom stereocenters. The van der Waals surface area contributed by atoms with E-state index in [0.29, 0.717) is 10.9 Å². The molecule has 1 N–H and O–H groups in total. The Morgan fingerprint density at radius 1 is 0.786 bits per heavy atom. The van der Waals surface area contributed by atoms with Crippen molar-refractivity contribution in [2.45, 2.75) is 4.90 Å². The van der Waals surface area contributed by atoms with Crippen LogP contribution in [0.1, 0.15) is 16.1 Å². The van der Waals surface area contributed by atoms with Crippen molar-refractivity contribution in [2.24, 2.45) is 0 Å². The van der Waals surface area contributed by atoms with E-state index in [9.17, 15) is 13.2 Å². The van der Waals surface area contributed by atoms with E-state index in [1.807, 2.05) is 0 Å². The summed E-state index contributed by atoms with van der Waals surface area (Å²) in [5.41, 5.74) is 1.27. The molecule has 0 atom stereocenters. The lowest BCUT2D eigenvalue weighted by Gasteiger charge is -2.12. The minimum Gasteiger partial charge on any atom is -0.287 e. The highest BCUT2D eigenvalue weighted by atomic mass is 32.2. The second-order valence-corrected chi connectivity index (χ2v) is 7.71. The van der Waals surface area contributed by atoms with Crippen LogP contribution in [0.2, 0.25) is 0 Å². The first-order valence-corrected chi connectivity index (χ1v) is 9.96. The third kappa shape index (κ3) is 3.35. The van der Waals surface area contributed by atoms with E-state index in [1.54, 1.807) is 66.9 Å². The third-order valence-corrected chi connectivity index (χ3v) is 5.60. The summed E-state index contributed by atoms with van der Waals surface area (Å²) in [6.45, 7) is 0. The van der Waals surface area contributed by atoms with E-state index < -0.39 is 10.0 Å². The van der Waals surface area contributed by atoms with Crippen LogP contribution in [0.4, 0.5) is 5.69 Å². The largest absolute Gasteiger partial charge is 0.287 e. The molecule has 0 fully saturated rings. The number of nitrogens with one attached hydrogen (secondary N) is 1. The molecular weight excluding hydrogens is 374 g/mol. The van der Waals surface area contributed by atoms with Crippen molar-refractivity contribution >= 4 is 32.4 Å². The maximum absolute atomic E-state index is 13.2.